The van der Waals surface area contributed by atoms with Gasteiger partial charge in [0.05, 0.1) is 12.1 Å². The molecule has 0 radical (unpaired) electrons. The normalized spacial score (nSPS) is 18.0. The Morgan fingerprint density at radius 1 is 1.12 bits per heavy atom. The van der Waals surface area contributed by atoms with E-state index in [1.54, 1.807) is 6.07 Å². The van der Waals surface area contributed by atoms with E-state index in [0.717, 1.165) is 18.9 Å². The Labute approximate surface area is 190 Å². The van der Waals surface area contributed by atoms with E-state index >= 15 is 0 Å². The first kappa shape index (κ1) is 23.2. The van der Waals surface area contributed by atoms with Crippen molar-refractivity contribution in [2.24, 2.45) is 11.8 Å². The van der Waals surface area contributed by atoms with Crippen LogP contribution in [-0.2, 0) is 6.42 Å². The Balaban J connectivity index is 1.36. The Kier molecular flexibility index (Phi) is 7.82. The predicted octanol–water partition coefficient (Wildman–Crippen LogP) is 5.46. The molecule has 5 nitrogen and oxygen atoms in total. The van der Waals surface area contributed by atoms with Crippen LogP contribution in [0, 0.1) is 17.7 Å². The van der Waals surface area contributed by atoms with Gasteiger partial charge in [0.1, 0.15) is 22.8 Å². The first-order valence-corrected chi connectivity index (χ1v) is 12.7. The Hall–Kier alpha value is -1.95. The molecule has 2 aliphatic rings. The maximum Gasteiger partial charge on any atom is 0.261 e. The highest BCUT2D eigenvalue weighted by Crippen LogP contribution is 2.30. The van der Waals surface area contributed by atoms with Crippen molar-refractivity contribution in [2.75, 3.05) is 19.7 Å². The second-order valence-corrected chi connectivity index (χ2v) is 9.82. The number of aromatic amines is 1. The number of aryl methyl sites for hydroxylation is 1. The third-order valence-corrected chi connectivity index (χ3v) is 7.16. The largest absolute Gasteiger partial charge is 0.493 e. The molecule has 1 aliphatic heterocycles. The molecule has 1 aromatic carbocycles. The molecule has 176 valence electrons. The van der Waals surface area contributed by atoms with Crippen LogP contribution >= 0.6 is 0 Å². The first-order chi connectivity index (χ1) is 15.6. The van der Waals surface area contributed by atoms with Crippen molar-refractivity contribution < 1.29 is 9.13 Å². The van der Waals surface area contributed by atoms with Gasteiger partial charge in [-0.05, 0) is 69.9 Å². The molecule has 0 unspecified atom stereocenters. The van der Waals surface area contributed by atoms with Crippen LogP contribution in [0.25, 0.3) is 10.9 Å². The molecule has 2 fully saturated rings. The number of hydrogen-bond donors (Lipinski definition) is 1. The van der Waals surface area contributed by atoms with Gasteiger partial charge in [-0.25, -0.2) is 9.37 Å². The lowest BCUT2D eigenvalue weighted by Crippen LogP contribution is -2.41. The summed E-state index contributed by atoms with van der Waals surface area (Å²) in [6.45, 7) is 7.51. The maximum absolute atomic E-state index is 14.5. The lowest BCUT2D eigenvalue weighted by atomic mass is 9.90. The fraction of sp³-hybridized carbons (Fsp3) is 0.692. The number of aromatic nitrogens is 2. The Morgan fingerprint density at radius 2 is 1.84 bits per heavy atom. The van der Waals surface area contributed by atoms with E-state index in [4.69, 9.17) is 4.74 Å². The summed E-state index contributed by atoms with van der Waals surface area (Å²) in [6, 6.07) is 3.75. The number of H-pyrrole nitrogens is 1. The second kappa shape index (κ2) is 10.8. The number of ether oxygens (including phenoxy) is 1. The molecule has 6 heteroatoms. The second-order valence-electron chi connectivity index (χ2n) is 9.82. The van der Waals surface area contributed by atoms with Gasteiger partial charge >= 0.3 is 0 Å². The highest BCUT2D eigenvalue weighted by atomic mass is 19.1. The molecule has 32 heavy (non-hydrogen) atoms. The fourth-order valence-corrected chi connectivity index (χ4v) is 5.07. The van der Waals surface area contributed by atoms with Gasteiger partial charge in [-0.1, -0.05) is 26.7 Å². The van der Waals surface area contributed by atoms with Crippen LogP contribution < -0.4 is 10.3 Å². The summed E-state index contributed by atoms with van der Waals surface area (Å²) in [5.74, 6) is 1.79. The number of hydrogen-bond acceptors (Lipinski definition) is 4. The van der Waals surface area contributed by atoms with Gasteiger partial charge in [0, 0.05) is 24.6 Å². The molecule has 2 heterocycles. The third kappa shape index (κ3) is 5.89. The van der Waals surface area contributed by atoms with Crippen molar-refractivity contribution in [3.05, 3.63) is 34.1 Å². The highest BCUT2D eigenvalue weighted by molar-refractivity contribution is 5.79. The standard InChI is InChI=1S/C26H38FN3O2/c1-3-5-20(6-4-2)30-13-11-18(12-14-30)9-10-24-28-23-16-21(32-17-19-7-8-19)15-22(27)25(23)26(31)29-24/h15-16,18-20H,3-14,17H2,1-2H3,(H,28,29,31). The zero-order chi connectivity index (χ0) is 22.5. The van der Waals surface area contributed by atoms with Crippen molar-refractivity contribution in [3.63, 3.8) is 0 Å². The summed E-state index contributed by atoms with van der Waals surface area (Å²) < 4.78 is 20.2. The smallest absolute Gasteiger partial charge is 0.261 e. The predicted molar refractivity (Wildman–Crippen MR) is 127 cm³/mol. The quantitative estimate of drug-likeness (QED) is 0.501. The zero-order valence-electron chi connectivity index (χ0n) is 19.7. The molecule has 1 N–H and O–H groups in total. The minimum Gasteiger partial charge on any atom is -0.493 e. The number of likely N-dealkylation sites (tertiary alicyclic amines) is 1. The summed E-state index contributed by atoms with van der Waals surface area (Å²) in [5, 5.41) is 0.0266. The molecule has 4 rings (SSSR count). The van der Waals surface area contributed by atoms with Gasteiger partial charge in [0.25, 0.3) is 5.56 Å². The summed E-state index contributed by atoms with van der Waals surface area (Å²) in [6.07, 6.45) is 11.6. The number of rotatable bonds is 11. The first-order valence-electron chi connectivity index (χ1n) is 12.7. The van der Waals surface area contributed by atoms with E-state index in [9.17, 15) is 9.18 Å². The molecular weight excluding hydrogens is 405 g/mol. The summed E-state index contributed by atoms with van der Waals surface area (Å²) >= 11 is 0. The highest BCUT2D eigenvalue weighted by Gasteiger charge is 2.25. The number of nitrogens with one attached hydrogen (secondary N) is 1. The van der Waals surface area contributed by atoms with E-state index in [0.29, 0.717) is 35.5 Å². The number of benzene rings is 1. The Morgan fingerprint density at radius 3 is 2.50 bits per heavy atom. The van der Waals surface area contributed by atoms with Gasteiger partial charge in [-0.3, -0.25) is 4.79 Å². The number of nitrogens with zero attached hydrogens (tertiary/aromatic N) is 2. The Bertz CT molecular complexity index is 942. The summed E-state index contributed by atoms with van der Waals surface area (Å²) in [4.78, 5) is 22.6. The molecule has 1 aliphatic carbocycles. The molecular formula is C26H38FN3O2. The van der Waals surface area contributed by atoms with E-state index in [2.05, 4.69) is 28.7 Å². The molecule has 0 bridgehead atoms. The number of fused-ring (bicyclic) bond motifs is 1. The topological polar surface area (TPSA) is 58.2 Å². The van der Waals surface area contributed by atoms with Crippen LogP contribution in [0.2, 0.25) is 0 Å². The maximum atomic E-state index is 14.5. The third-order valence-electron chi connectivity index (χ3n) is 7.16. The fourth-order valence-electron chi connectivity index (χ4n) is 5.07. The van der Waals surface area contributed by atoms with Crippen molar-refractivity contribution in [2.45, 2.75) is 84.1 Å². The van der Waals surface area contributed by atoms with Crippen LogP contribution in [0.5, 0.6) is 5.75 Å². The minimum atomic E-state index is -0.560. The molecule has 2 aromatic rings. The van der Waals surface area contributed by atoms with Gasteiger partial charge in [-0.15, -0.1) is 0 Å². The molecule has 1 saturated heterocycles. The van der Waals surface area contributed by atoms with Crippen molar-refractivity contribution >= 4 is 10.9 Å². The molecule has 1 aromatic heterocycles. The zero-order valence-corrected chi connectivity index (χ0v) is 19.7. The van der Waals surface area contributed by atoms with Crippen LogP contribution in [-0.4, -0.2) is 40.6 Å². The van der Waals surface area contributed by atoms with Crippen molar-refractivity contribution in [3.8, 4) is 5.75 Å². The lowest BCUT2D eigenvalue weighted by molar-refractivity contribution is 0.116. The minimum absolute atomic E-state index is 0.0266. The van der Waals surface area contributed by atoms with Crippen LogP contribution in [0.4, 0.5) is 4.39 Å². The van der Waals surface area contributed by atoms with Gasteiger partial charge in [0.15, 0.2) is 0 Å². The van der Waals surface area contributed by atoms with Crippen LogP contribution in [0.3, 0.4) is 0 Å². The molecule has 0 spiro atoms. The van der Waals surface area contributed by atoms with E-state index in [1.165, 1.54) is 70.5 Å². The van der Waals surface area contributed by atoms with E-state index < -0.39 is 11.4 Å². The van der Waals surface area contributed by atoms with Gasteiger partial charge in [0.2, 0.25) is 0 Å². The number of halogens is 1. The average Bonchev–Trinajstić information content (AvgIpc) is 3.61. The van der Waals surface area contributed by atoms with E-state index in [-0.39, 0.29) is 5.39 Å². The van der Waals surface area contributed by atoms with Crippen molar-refractivity contribution in [1.82, 2.24) is 14.9 Å². The molecule has 1 saturated carbocycles. The SMILES string of the molecule is CCCC(CCC)N1CCC(CCc2nc3cc(OCC4CC4)cc(F)c3c(=O)[nH]2)CC1. The monoisotopic (exact) mass is 443 g/mol. The average molecular weight is 444 g/mol. The van der Waals surface area contributed by atoms with Crippen LogP contribution in [0.15, 0.2) is 16.9 Å². The van der Waals surface area contributed by atoms with Gasteiger partial charge in [-0.2, -0.15) is 0 Å². The number of piperidine rings is 1. The summed E-state index contributed by atoms with van der Waals surface area (Å²) in [5.41, 5.74) is -0.000579. The van der Waals surface area contributed by atoms with E-state index in [1.807, 2.05) is 0 Å². The molecule has 0 atom stereocenters. The summed E-state index contributed by atoms with van der Waals surface area (Å²) in [7, 11) is 0. The van der Waals surface area contributed by atoms with Crippen LogP contribution in [0.1, 0.15) is 77.5 Å². The lowest BCUT2D eigenvalue weighted by Gasteiger charge is -2.37. The van der Waals surface area contributed by atoms with Gasteiger partial charge < -0.3 is 14.6 Å². The van der Waals surface area contributed by atoms with Crippen molar-refractivity contribution in [1.29, 1.82) is 0 Å². The molecule has 0 amide bonds.